The minimum atomic E-state index is -0.136. The molecule has 2 aromatic heterocycles. The number of aromatic nitrogens is 5. The van der Waals surface area contributed by atoms with Gasteiger partial charge in [-0.15, -0.1) is 10.2 Å². The lowest BCUT2D eigenvalue weighted by Gasteiger charge is -2.32. The number of aromatic amines is 1. The third-order valence-electron chi connectivity index (χ3n) is 6.10. The molecule has 2 N–H and O–H groups in total. The van der Waals surface area contributed by atoms with E-state index in [9.17, 15) is 5.11 Å². The Morgan fingerprint density at radius 3 is 2.67 bits per heavy atom. The van der Waals surface area contributed by atoms with Gasteiger partial charge in [-0.05, 0) is 39.2 Å². The quantitative estimate of drug-likeness (QED) is 0.819. The van der Waals surface area contributed by atoms with Gasteiger partial charge in [0.05, 0.1) is 24.7 Å². The molecule has 2 aromatic rings. The smallest absolute Gasteiger partial charge is 0.146 e. The fourth-order valence-corrected chi connectivity index (χ4v) is 4.31. The summed E-state index contributed by atoms with van der Waals surface area (Å²) in [5.74, 6) is 2.56. The molecule has 0 saturated carbocycles. The number of nitrogens with one attached hydrogen (secondary N) is 1. The topological polar surface area (TPSA) is 86.1 Å². The largest absolute Gasteiger partial charge is 0.393 e. The maximum Gasteiger partial charge on any atom is 0.146 e. The molecule has 0 spiro atoms. The van der Waals surface area contributed by atoms with Crippen molar-refractivity contribution in [1.29, 1.82) is 0 Å². The summed E-state index contributed by atoms with van der Waals surface area (Å²) in [7, 11) is 2.10. The van der Waals surface area contributed by atoms with Crippen molar-refractivity contribution in [3.63, 3.8) is 0 Å². The van der Waals surface area contributed by atoms with Crippen molar-refractivity contribution in [2.24, 2.45) is 7.05 Å². The van der Waals surface area contributed by atoms with Gasteiger partial charge in [-0.25, -0.2) is 4.98 Å². The Labute approximate surface area is 160 Å². The van der Waals surface area contributed by atoms with Crippen molar-refractivity contribution in [2.75, 3.05) is 26.2 Å². The minimum Gasteiger partial charge on any atom is -0.393 e. The highest BCUT2D eigenvalue weighted by Crippen LogP contribution is 2.27. The zero-order chi connectivity index (χ0) is 18.8. The van der Waals surface area contributed by atoms with Gasteiger partial charge in [0.1, 0.15) is 11.6 Å². The van der Waals surface area contributed by atoms with Crippen LogP contribution in [0.2, 0.25) is 0 Å². The zero-order valence-electron chi connectivity index (χ0n) is 16.4. The number of likely N-dealkylation sites (tertiary alicyclic amines) is 2. The van der Waals surface area contributed by atoms with E-state index in [1.54, 1.807) is 6.33 Å². The molecule has 0 amide bonds. The predicted molar refractivity (Wildman–Crippen MR) is 102 cm³/mol. The van der Waals surface area contributed by atoms with Crippen LogP contribution in [0, 0.1) is 6.92 Å². The van der Waals surface area contributed by atoms with E-state index < -0.39 is 0 Å². The van der Waals surface area contributed by atoms with E-state index in [0.717, 1.165) is 81.6 Å². The van der Waals surface area contributed by atoms with Gasteiger partial charge in [0.2, 0.25) is 0 Å². The van der Waals surface area contributed by atoms with E-state index in [2.05, 4.69) is 48.5 Å². The number of hydrogen-bond donors (Lipinski definition) is 2. The first kappa shape index (κ1) is 18.6. The fraction of sp³-hybridized carbons (Fsp3) is 0.737. The van der Waals surface area contributed by atoms with Crippen LogP contribution in [-0.2, 0) is 20.1 Å². The molecular weight excluding hydrogens is 342 g/mol. The molecule has 2 aliphatic heterocycles. The van der Waals surface area contributed by atoms with Crippen LogP contribution in [0.25, 0.3) is 0 Å². The SMILES string of the molecule is Cc1[nH]cnc1CN1CCC[C@H](c2nnc(CN3CCC(O)CC3)n2C)C1. The summed E-state index contributed by atoms with van der Waals surface area (Å²) in [5, 5.41) is 18.7. The maximum atomic E-state index is 9.68. The van der Waals surface area contributed by atoms with Crippen molar-refractivity contribution in [2.45, 2.75) is 57.7 Å². The Hall–Kier alpha value is -1.77. The van der Waals surface area contributed by atoms with Crippen LogP contribution < -0.4 is 0 Å². The van der Waals surface area contributed by atoms with Crippen molar-refractivity contribution in [3.8, 4) is 0 Å². The molecule has 0 bridgehead atoms. The molecule has 27 heavy (non-hydrogen) atoms. The van der Waals surface area contributed by atoms with Gasteiger partial charge in [0, 0.05) is 44.8 Å². The highest BCUT2D eigenvalue weighted by atomic mass is 16.3. The van der Waals surface area contributed by atoms with Gasteiger partial charge in [0.15, 0.2) is 0 Å². The molecule has 8 heteroatoms. The third-order valence-corrected chi connectivity index (χ3v) is 6.10. The molecule has 4 rings (SSSR count). The second kappa shape index (κ2) is 8.08. The highest BCUT2D eigenvalue weighted by Gasteiger charge is 2.27. The average Bonchev–Trinajstić information content (AvgIpc) is 3.23. The molecule has 0 aromatic carbocycles. The first-order valence-electron chi connectivity index (χ1n) is 10.1. The molecule has 2 saturated heterocycles. The normalized spacial score (nSPS) is 23.1. The van der Waals surface area contributed by atoms with Crippen molar-refractivity contribution < 1.29 is 5.11 Å². The standard InChI is InChI=1S/C19H31N7O/c1-14-17(21-13-20-14)11-26-7-3-4-15(10-26)19-23-22-18(24(19)2)12-25-8-5-16(27)6-9-25/h13,15-16,27H,3-12H2,1-2H3,(H,20,21)/t15-/m0/s1. The lowest BCUT2D eigenvalue weighted by atomic mass is 9.97. The molecule has 0 aliphatic carbocycles. The average molecular weight is 374 g/mol. The Morgan fingerprint density at radius 2 is 1.93 bits per heavy atom. The molecular formula is C19H31N7O. The van der Waals surface area contributed by atoms with Crippen LogP contribution in [0.3, 0.4) is 0 Å². The summed E-state index contributed by atoms with van der Waals surface area (Å²) in [6.45, 7) is 7.79. The lowest BCUT2D eigenvalue weighted by Crippen LogP contribution is -2.36. The molecule has 2 aliphatic rings. The van der Waals surface area contributed by atoms with Gasteiger partial charge < -0.3 is 14.7 Å². The monoisotopic (exact) mass is 373 g/mol. The number of imidazole rings is 1. The van der Waals surface area contributed by atoms with Crippen LogP contribution in [-0.4, -0.2) is 71.9 Å². The number of aliphatic hydroxyl groups excluding tert-OH is 1. The molecule has 8 nitrogen and oxygen atoms in total. The molecule has 0 radical (unpaired) electrons. The van der Waals surface area contributed by atoms with Crippen molar-refractivity contribution in [1.82, 2.24) is 34.5 Å². The molecule has 1 atom stereocenters. The van der Waals surface area contributed by atoms with Gasteiger partial charge in [-0.2, -0.15) is 0 Å². The van der Waals surface area contributed by atoms with E-state index in [4.69, 9.17) is 0 Å². The molecule has 148 valence electrons. The number of rotatable bonds is 5. The second-order valence-electron chi connectivity index (χ2n) is 8.09. The molecule has 4 heterocycles. The van der Waals surface area contributed by atoms with Gasteiger partial charge >= 0.3 is 0 Å². The summed E-state index contributed by atoms with van der Waals surface area (Å²) in [6.07, 6.45) is 5.70. The van der Waals surface area contributed by atoms with Crippen LogP contribution in [0.1, 0.15) is 54.6 Å². The number of aliphatic hydroxyl groups is 1. The first-order chi connectivity index (χ1) is 13.1. The molecule has 2 fully saturated rings. The van der Waals surface area contributed by atoms with E-state index in [1.807, 2.05) is 0 Å². The predicted octanol–water partition coefficient (Wildman–Crippen LogP) is 1.18. The number of aryl methyl sites for hydroxylation is 1. The third kappa shape index (κ3) is 4.23. The Kier molecular flexibility index (Phi) is 5.56. The lowest BCUT2D eigenvalue weighted by molar-refractivity contribution is 0.0775. The minimum absolute atomic E-state index is 0.136. The van der Waals surface area contributed by atoms with Gasteiger partial charge in [-0.3, -0.25) is 9.80 Å². The van der Waals surface area contributed by atoms with Gasteiger partial charge in [-0.1, -0.05) is 0 Å². The van der Waals surface area contributed by atoms with Crippen LogP contribution in [0.5, 0.6) is 0 Å². The number of nitrogens with zero attached hydrogens (tertiary/aromatic N) is 6. The molecule has 0 unspecified atom stereocenters. The number of piperidine rings is 2. The van der Waals surface area contributed by atoms with Crippen molar-refractivity contribution in [3.05, 3.63) is 29.4 Å². The van der Waals surface area contributed by atoms with Crippen LogP contribution in [0.4, 0.5) is 0 Å². The first-order valence-corrected chi connectivity index (χ1v) is 10.1. The zero-order valence-corrected chi connectivity index (χ0v) is 16.4. The Bertz CT molecular complexity index is 747. The summed E-state index contributed by atoms with van der Waals surface area (Å²) < 4.78 is 2.19. The van der Waals surface area contributed by atoms with Crippen molar-refractivity contribution >= 4 is 0 Å². The number of H-pyrrole nitrogens is 1. The Morgan fingerprint density at radius 1 is 1.11 bits per heavy atom. The van der Waals surface area contributed by atoms with Gasteiger partial charge in [0.25, 0.3) is 0 Å². The summed E-state index contributed by atoms with van der Waals surface area (Å²) in [6, 6.07) is 0. The maximum absolute atomic E-state index is 9.68. The highest BCUT2D eigenvalue weighted by molar-refractivity contribution is 5.10. The summed E-state index contributed by atoms with van der Waals surface area (Å²) in [5.41, 5.74) is 2.30. The van der Waals surface area contributed by atoms with E-state index in [1.165, 1.54) is 6.42 Å². The van der Waals surface area contributed by atoms with E-state index >= 15 is 0 Å². The second-order valence-corrected chi connectivity index (χ2v) is 8.09. The summed E-state index contributed by atoms with van der Waals surface area (Å²) >= 11 is 0. The van der Waals surface area contributed by atoms with Crippen LogP contribution >= 0.6 is 0 Å². The number of hydrogen-bond acceptors (Lipinski definition) is 6. The fourth-order valence-electron chi connectivity index (χ4n) is 4.31. The van der Waals surface area contributed by atoms with Crippen LogP contribution in [0.15, 0.2) is 6.33 Å². The summed E-state index contributed by atoms with van der Waals surface area (Å²) in [4.78, 5) is 12.5. The van der Waals surface area contributed by atoms with E-state index in [-0.39, 0.29) is 6.10 Å². The van der Waals surface area contributed by atoms with E-state index in [0.29, 0.717) is 5.92 Å². The Balaban J connectivity index is 1.39.